The zero-order valence-corrected chi connectivity index (χ0v) is 17.9. The first-order valence-corrected chi connectivity index (χ1v) is 11.4. The van der Waals surface area contributed by atoms with Gasteiger partial charge in [0.1, 0.15) is 6.04 Å². The Morgan fingerprint density at radius 3 is 2.58 bits per heavy atom. The van der Waals surface area contributed by atoms with Crippen LogP contribution in [0.4, 0.5) is 0 Å². The fourth-order valence-electron chi connectivity index (χ4n) is 3.71. The van der Waals surface area contributed by atoms with Gasteiger partial charge in [-0.2, -0.15) is 0 Å². The average Bonchev–Trinajstić information content (AvgIpc) is 3.31. The first kappa shape index (κ1) is 21.2. The van der Waals surface area contributed by atoms with Gasteiger partial charge in [0.15, 0.2) is 6.61 Å². The van der Waals surface area contributed by atoms with E-state index in [0.29, 0.717) is 24.7 Å². The first-order valence-electron chi connectivity index (χ1n) is 10.2. The normalized spacial score (nSPS) is 18.1. The number of carbonyl (C=O) groups excluding carboxylic acids is 3. The minimum Gasteiger partial charge on any atom is -0.454 e. The number of thioether (sulfide) groups is 1. The van der Waals surface area contributed by atoms with Crippen LogP contribution in [0.5, 0.6) is 0 Å². The van der Waals surface area contributed by atoms with E-state index in [-0.39, 0.29) is 18.4 Å². The third-order valence-electron chi connectivity index (χ3n) is 5.48. The zero-order valence-electron chi connectivity index (χ0n) is 17.1. The number of carbonyl (C=O) groups is 3. The minimum absolute atomic E-state index is 0.213. The van der Waals surface area contributed by atoms with Crippen LogP contribution in [0, 0.1) is 0 Å². The van der Waals surface area contributed by atoms with Gasteiger partial charge in [-0.3, -0.25) is 9.59 Å². The van der Waals surface area contributed by atoms with Crippen molar-refractivity contribution in [3.63, 3.8) is 0 Å². The fraction of sp³-hybridized carbons (Fsp3) is 0.292. The van der Waals surface area contributed by atoms with E-state index in [1.54, 1.807) is 11.0 Å². The quantitative estimate of drug-likeness (QED) is 0.533. The van der Waals surface area contributed by atoms with Crippen LogP contribution in [0.1, 0.15) is 16.7 Å². The SMILES string of the molecule is O=C(OCC(=O)N1CCc2ccccc2C1)C1CSCN1C(=O)C=Cc1ccccc1. The molecular weight excluding hydrogens is 412 g/mol. The molecule has 1 atom stereocenters. The van der Waals surface area contributed by atoms with Crippen LogP contribution in [0.15, 0.2) is 60.7 Å². The van der Waals surface area contributed by atoms with E-state index < -0.39 is 12.0 Å². The molecule has 0 aliphatic carbocycles. The van der Waals surface area contributed by atoms with Gasteiger partial charge < -0.3 is 14.5 Å². The second-order valence-corrected chi connectivity index (χ2v) is 8.51. The second kappa shape index (κ2) is 9.83. The molecule has 2 heterocycles. The summed E-state index contributed by atoms with van der Waals surface area (Å²) in [5.41, 5.74) is 3.29. The highest BCUT2D eigenvalue weighted by molar-refractivity contribution is 7.99. The lowest BCUT2D eigenvalue weighted by molar-refractivity contribution is -0.157. The van der Waals surface area contributed by atoms with Crippen molar-refractivity contribution < 1.29 is 19.1 Å². The van der Waals surface area contributed by atoms with Gasteiger partial charge in [-0.25, -0.2) is 4.79 Å². The second-order valence-electron chi connectivity index (χ2n) is 7.51. The molecule has 0 spiro atoms. The van der Waals surface area contributed by atoms with Crippen molar-refractivity contribution >= 4 is 35.6 Å². The van der Waals surface area contributed by atoms with Gasteiger partial charge in [0, 0.05) is 24.9 Å². The van der Waals surface area contributed by atoms with Crippen LogP contribution in [-0.4, -0.2) is 58.4 Å². The Morgan fingerprint density at radius 2 is 1.77 bits per heavy atom. The summed E-state index contributed by atoms with van der Waals surface area (Å²) in [6.07, 6.45) is 3.99. The lowest BCUT2D eigenvalue weighted by atomic mass is 10.00. The molecule has 160 valence electrons. The number of benzene rings is 2. The van der Waals surface area contributed by atoms with Crippen molar-refractivity contribution in [1.29, 1.82) is 0 Å². The maximum atomic E-state index is 12.6. The molecule has 0 aromatic heterocycles. The predicted molar refractivity (Wildman–Crippen MR) is 120 cm³/mol. The summed E-state index contributed by atoms with van der Waals surface area (Å²) < 4.78 is 5.31. The van der Waals surface area contributed by atoms with Crippen molar-refractivity contribution in [3.05, 3.63) is 77.4 Å². The number of hydrogen-bond acceptors (Lipinski definition) is 5. The molecule has 1 saturated heterocycles. The molecule has 6 nitrogen and oxygen atoms in total. The van der Waals surface area contributed by atoms with Crippen molar-refractivity contribution in [1.82, 2.24) is 9.80 Å². The number of fused-ring (bicyclic) bond motifs is 1. The molecule has 31 heavy (non-hydrogen) atoms. The fourth-order valence-corrected chi connectivity index (χ4v) is 4.86. The summed E-state index contributed by atoms with van der Waals surface area (Å²) in [7, 11) is 0. The third-order valence-corrected chi connectivity index (χ3v) is 6.49. The van der Waals surface area contributed by atoms with E-state index in [2.05, 4.69) is 6.07 Å². The number of nitrogens with zero attached hydrogens (tertiary/aromatic N) is 2. The topological polar surface area (TPSA) is 66.9 Å². The van der Waals surface area contributed by atoms with Crippen LogP contribution in [0.2, 0.25) is 0 Å². The van der Waals surface area contributed by atoms with E-state index in [1.807, 2.05) is 48.5 Å². The molecule has 0 saturated carbocycles. The van der Waals surface area contributed by atoms with E-state index in [9.17, 15) is 14.4 Å². The lowest BCUT2D eigenvalue weighted by Crippen LogP contribution is -2.44. The molecule has 2 aliphatic rings. The maximum Gasteiger partial charge on any atom is 0.330 e. The van der Waals surface area contributed by atoms with Gasteiger partial charge in [0.05, 0.1) is 5.88 Å². The van der Waals surface area contributed by atoms with Gasteiger partial charge in [-0.05, 0) is 29.2 Å². The largest absolute Gasteiger partial charge is 0.454 e. The number of amides is 2. The van der Waals surface area contributed by atoms with Crippen LogP contribution >= 0.6 is 11.8 Å². The monoisotopic (exact) mass is 436 g/mol. The van der Waals surface area contributed by atoms with Crippen LogP contribution < -0.4 is 0 Å². The third kappa shape index (κ3) is 5.17. The standard InChI is InChI=1S/C24H24N2O4S/c27-22(11-10-18-6-2-1-3-7-18)26-17-31-16-21(26)24(29)30-15-23(28)25-13-12-19-8-4-5-9-20(19)14-25/h1-11,21H,12-17H2. The molecule has 2 aromatic carbocycles. The van der Waals surface area contributed by atoms with Crippen LogP contribution in [0.3, 0.4) is 0 Å². The molecule has 4 rings (SSSR count). The van der Waals surface area contributed by atoms with Gasteiger partial charge in [-0.15, -0.1) is 11.8 Å². The summed E-state index contributed by atoms with van der Waals surface area (Å²) in [6, 6.07) is 16.9. The summed E-state index contributed by atoms with van der Waals surface area (Å²) >= 11 is 1.50. The molecular formula is C24H24N2O4S. The first-order chi connectivity index (χ1) is 15.1. The predicted octanol–water partition coefficient (Wildman–Crippen LogP) is 2.73. The lowest BCUT2D eigenvalue weighted by Gasteiger charge is -2.29. The van der Waals surface area contributed by atoms with Gasteiger partial charge in [0.25, 0.3) is 5.91 Å². The van der Waals surface area contributed by atoms with E-state index >= 15 is 0 Å². The highest BCUT2D eigenvalue weighted by Crippen LogP contribution is 2.23. The molecule has 0 N–H and O–H groups in total. The molecule has 2 amide bonds. The highest BCUT2D eigenvalue weighted by Gasteiger charge is 2.35. The number of hydrogen-bond donors (Lipinski definition) is 0. The summed E-state index contributed by atoms with van der Waals surface area (Å²) in [4.78, 5) is 40.9. The zero-order chi connectivity index (χ0) is 21.6. The van der Waals surface area contributed by atoms with E-state index in [0.717, 1.165) is 17.5 Å². The number of rotatable bonds is 5. The summed E-state index contributed by atoms with van der Waals surface area (Å²) in [5.74, 6) is -0.0915. The minimum atomic E-state index is -0.673. The van der Waals surface area contributed by atoms with Crippen LogP contribution in [0.25, 0.3) is 6.08 Å². The van der Waals surface area contributed by atoms with Gasteiger partial charge >= 0.3 is 5.97 Å². The Bertz CT molecular complexity index is 992. The van der Waals surface area contributed by atoms with Crippen LogP contribution in [-0.2, 0) is 32.1 Å². The Kier molecular flexibility index (Phi) is 6.72. The number of ether oxygens (including phenoxy) is 1. The van der Waals surface area contributed by atoms with Crippen molar-refractivity contribution in [3.8, 4) is 0 Å². The van der Waals surface area contributed by atoms with Crippen molar-refractivity contribution in [2.45, 2.75) is 19.0 Å². The Balaban J connectivity index is 1.30. The molecule has 0 radical (unpaired) electrons. The Hall–Kier alpha value is -3.06. The molecule has 2 aliphatic heterocycles. The molecule has 1 fully saturated rings. The van der Waals surface area contributed by atoms with Gasteiger partial charge in [-0.1, -0.05) is 54.6 Å². The maximum absolute atomic E-state index is 12.6. The summed E-state index contributed by atoms with van der Waals surface area (Å²) in [5, 5.41) is 0. The van der Waals surface area contributed by atoms with Crippen molar-refractivity contribution in [2.24, 2.45) is 0 Å². The van der Waals surface area contributed by atoms with E-state index in [4.69, 9.17) is 4.74 Å². The molecule has 7 heteroatoms. The summed E-state index contributed by atoms with van der Waals surface area (Å²) in [6.45, 7) is 0.840. The highest BCUT2D eigenvalue weighted by atomic mass is 32.2. The average molecular weight is 437 g/mol. The number of esters is 1. The van der Waals surface area contributed by atoms with Gasteiger partial charge in [0.2, 0.25) is 5.91 Å². The Morgan fingerprint density at radius 1 is 1.03 bits per heavy atom. The smallest absolute Gasteiger partial charge is 0.330 e. The molecule has 2 aromatic rings. The van der Waals surface area contributed by atoms with Crippen molar-refractivity contribution in [2.75, 3.05) is 24.8 Å². The molecule has 0 bridgehead atoms. The Labute approximate surface area is 185 Å². The molecule has 1 unspecified atom stereocenters. The van der Waals surface area contributed by atoms with E-state index in [1.165, 1.54) is 28.3 Å².